The largest absolute Gasteiger partial charge is 0.325 e. The fourth-order valence-electron chi connectivity index (χ4n) is 3.40. The number of fused-ring (bicyclic) bond motifs is 2. The highest BCUT2D eigenvalue weighted by Gasteiger charge is 2.34. The molecule has 0 aromatic heterocycles. The van der Waals surface area contributed by atoms with E-state index in [1.807, 2.05) is 0 Å². The zero-order valence-electron chi connectivity index (χ0n) is 11.2. The molecule has 2 bridgehead atoms. The standard InChI is InChI=1S/C15H18Cl2N2O/c16-10-1-4-13(17)14(8-10)19-15(20)7-9-5-11-2-3-12(6-9)18-11/h1,4,8-9,11-12,18H,2-3,5-7H2,(H,19,20). The van der Waals surface area contributed by atoms with Crippen molar-refractivity contribution in [1.82, 2.24) is 5.32 Å². The first-order valence-corrected chi connectivity index (χ1v) is 7.86. The van der Waals surface area contributed by atoms with Crippen molar-refractivity contribution in [3.63, 3.8) is 0 Å². The number of halogens is 2. The third kappa shape index (κ3) is 3.27. The Hall–Kier alpha value is -0.770. The molecule has 1 aromatic rings. The molecule has 0 spiro atoms. The van der Waals surface area contributed by atoms with E-state index in [-0.39, 0.29) is 5.91 Å². The zero-order valence-corrected chi connectivity index (χ0v) is 12.7. The van der Waals surface area contributed by atoms with Crippen LogP contribution in [0.2, 0.25) is 10.0 Å². The lowest BCUT2D eigenvalue weighted by Gasteiger charge is -2.28. The van der Waals surface area contributed by atoms with Crippen LogP contribution < -0.4 is 10.6 Å². The Morgan fingerprint density at radius 1 is 1.25 bits per heavy atom. The number of nitrogens with one attached hydrogen (secondary N) is 2. The van der Waals surface area contributed by atoms with Crippen LogP contribution in [0, 0.1) is 5.92 Å². The van der Waals surface area contributed by atoms with Gasteiger partial charge < -0.3 is 10.6 Å². The summed E-state index contributed by atoms with van der Waals surface area (Å²) >= 11 is 12.0. The molecular formula is C15H18Cl2N2O. The second-order valence-corrected chi connectivity index (χ2v) is 6.70. The Kier molecular flexibility index (Phi) is 4.20. The summed E-state index contributed by atoms with van der Waals surface area (Å²) in [7, 11) is 0. The molecule has 5 heteroatoms. The Morgan fingerprint density at radius 2 is 1.95 bits per heavy atom. The zero-order chi connectivity index (χ0) is 14.1. The summed E-state index contributed by atoms with van der Waals surface area (Å²) in [4.78, 5) is 12.1. The van der Waals surface area contributed by atoms with E-state index in [0.29, 0.717) is 40.2 Å². The van der Waals surface area contributed by atoms with Crippen LogP contribution >= 0.6 is 23.2 Å². The third-order valence-electron chi connectivity index (χ3n) is 4.25. The van der Waals surface area contributed by atoms with E-state index in [9.17, 15) is 4.79 Å². The Morgan fingerprint density at radius 3 is 2.65 bits per heavy atom. The average Bonchev–Trinajstić information content (AvgIpc) is 2.73. The number of hydrogen-bond donors (Lipinski definition) is 2. The summed E-state index contributed by atoms with van der Waals surface area (Å²) < 4.78 is 0. The molecule has 2 N–H and O–H groups in total. The number of hydrogen-bond acceptors (Lipinski definition) is 2. The minimum Gasteiger partial charge on any atom is -0.325 e. The summed E-state index contributed by atoms with van der Waals surface area (Å²) in [6.07, 6.45) is 5.28. The van der Waals surface area contributed by atoms with E-state index in [1.54, 1.807) is 18.2 Å². The van der Waals surface area contributed by atoms with Gasteiger partial charge in [0.15, 0.2) is 0 Å². The summed E-state index contributed by atoms with van der Waals surface area (Å²) in [5.41, 5.74) is 0.598. The minimum atomic E-state index is 0.0282. The molecule has 1 amide bonds. The summed E-state index contributed by atoms with van der Waals surface area (Å²) in [5.74, 6) is 0.507. The van der Waals surface area contributed by atoms with Gasteiger partial charge in [-0.1, -0.05) is 23.2 Å². The number of rotatable bonds is 3. The molecule has 0 radical (unpaired) electrons. The van der Waals surface area contributed by atoms with Crippen molar-refractivity contribution in [2.75, 3.05) is 5.32 Å². The first-order chi connectivity index (χ1) is 9.60. The molecular weight excluding hydrogens is 295 g/mol. The van der Waals surface area contributed by atoms with Gasteiger partial charge in [0.1, 0.15) is 0 Å². The fraction of sp³-hybridized carbons (Fsp3) is 0.533. The van der Waals surface area contributed by atoms with E-state index < -0.39 is 0 Å². The third-order valence-corrected chi connectivity index (χ3v) is 4.81. The van der Waals surface area contributed by atoms with Crippen molar-refractivity contribution < 1.29 is 4.79 Å². The predicted molar refractivity (Wildman–Crippen MR) is 82.4 cm³/mol. The van der Waals surface area contributed by atoms with Gasteiger partial charge in [0.25, 0.3) is 0 Å². The maximum atomic E-state index is 12.1. The molecule has 2 heterocycles. The van der Waals surface area contributed by atoms with Crippen molar-refractivity contribution in [3.05, 3.63) is 28.2 Å². The molecule has 2 unspecified atom stereocenters. The molecule has 20 heavy (non-hydrogen) atoms. The number of piperidine rings is 1. The van der Waals surface area contributed by atoms with E-state index in [0.717, 1.165) is 12.8 Å². The van der Waals surface area contributed by atoms with Crippen molar-refractivity contribution in [3.8, 4) is 0 Å². The number of anilines is 1. The molecule has 1 aromatic carbocycles. The highest BCUT2D eigenvalue weighted by molar-refractivity contribution is 6.35. The van der Waals surface area contributed by atoms with Gasteiger partial charge in [-0.05, 0) is 49.8 Å². The van der Waals surface area contributed by atoms with Gasteiger partial charge in [-0.25, -0.2) is 0 Å². The quantitative estimate of drug-likeness (QED) is 0.890. The number of carbonyl (C=O) groups is 1. The highest BCUT2D eigenvalue weighted by atomic mass is 35.5. The molecule has 2 aliphatic heterocycles. The van der Waals surface area contributed by atoms with Crippen molar-refractivity contribution >= 4 is 34.8 Å². The number of benzene rings is 1. The monoisotopic (exact) mass is 312 g/mol. The van der Waals surface area contributed by atoms with Gasteiger partial charge in [0, 0.05) is 23.5 Å². The van der Waals surface area contributed by atoms with Crippen LogP contribution in [-0.2, 0) is 4.79 Å². The van der Waals surface area contributed by atoms with Crippen LogP contribution in [0.5, 0.6) is 0 Å². The smallest absolute Gasteiger partial charge is 0.224 e. The molecule has 0 saturated carbocycles. The van der Waals surface area contributed by atoms with Crippen molar-refractivity contribution in [2.45, 2.75) is 44.2 Å². The lowest BCUT2D eigenvalue weighted by molar-refractivity contribution is -0.117. The van der Waals surface area contributed by atoms with Gasteiger partial charge >= 0.3 is 0 Å². The van der Waals surface area contributed by atoms with Crippen LogP contribution in [0.3, 0.4) is 0 Å². The normalized spacial score (nSPS) is 28.4. The molecule has 3 rings (SSSR count). The summed E-state index contributed by atoms with van der Waals surface area (Å²) in [5, 5.41) is 7.56. The van der Waals surface area contributed by atoms with E-state index in [2.05, 4.69) is 10.6 Å². The summed E-state index contributed by atoms with van der Waals surface area (Å²) in [6, 6.07) is 6.32. The van der Waals surface area contributed by atoms with Gasteiger partial charge in [0.05, 0.1) is 10.7 Å². The maximum absolute atomic E-state index is 12.1. The SMILES string of the molecule is O=C(CC1CC2CCC(C1)N2)Nc1cc(Cl)ccc1Cl. The molecule has 2 fully saturated rings. The van der Waals surface area contributed by atoms with Crippen LogP contribution in [0.15, 0.2) is 18.2 Å². The molecule has 2 atom stereocenters. The highest BCUT2D eigenvalue weighted by Crippen LogP contribution is 2.33. The Bertz CT molecular complexity index is 509. The van der Waals surface area contributed by atoms with Gasteiger partial charge in [-0.15, -0.1) is 0 Å². The van der Waals surface area contributed by atoms with E-state index >= 15 is 0 Å². The van der Waals surface area contributed by atoms with Crippen LogP contribution in [0.4, 0.5) is 5.69 Å². The van der Waals surface area contributed by atoms with Crippen LogP contribution in [0.25, 0.3) is 0 Å². The lowest BCUT2D eigenvalue weighted by atomic mass is 9.89. The molecule has 3 nitrogen and oxygen atoms in total. The van der Waals surface area contributed by atoms with Gasteiger partial charge in [0.2, 0.25) is 5.91 Å². The van der Waals surface area contributed by atoms with Crippen molar-refractivity contribution in [2.24, 2.45) is 5.92 Å². The van der Waals surface area contributed by atoms with Gasteiger partial charge in [-0.3, -0.25) is 4.79 Å². The second-order valence-electron chi connectivity index (χ2n) is 5.85. The first-order valence-electron chi connectivity index (χ1n) is 7.11. The number of carbonyl (C=O) groups excluding carboxylic acids is 1. The fourth-order valence-corrected chi connectivity index (χ4v) is 3.74. The molecule has 2 aliphatic rings. The van der Waals surface area contributed by atoms with Crippen LogP contribution in [0.1, 0.15) is 32.1 Å². The average molecular weight is 313 g/mol. The van der Waals surface area contributed by atoms with E-state index in [1.165, 1.54) is 12.8 Å². The Balaban J connectivity index is 1.58. The first kappa shape index (κ1) is 14.2. The minimum absolute atomic E-state index is 0.0282. The molecule has 0 aliphatic carbocycles. The Labute approximate surface area is 129 Å². The second kappa shape index (κ2) is 5.92. The topological polar surface area (TPSA) is 41.1 Å². The molecule has 108 valence electrons. The maximum Gasteiger partial charge on any atom is 0.224 e. The van der Waals surface area contributed by atoms with Gasteiger partial charge in [-0.2, -0.15) is 0 Å². The van der Waals surface area contributed by atoms with E-state index in [4.69, 9.17) is 23.2 Å². The number of amides is 1. The molecule has 2 saturated heterocycles. The predicted octanol–water partition coefficient (Wildman–Crippen LogP) is 3.85. The summed E-state index contributed by atoms with van der Waals surface area (Å²) in [6.45, 7) is 0. The van der Waals surface area contributed by atoms with Crippen LogP contribution in [-0.4, -0.2) is 18.0 Å². The lowest BCUT2D eigenvalue weighted by Crippen LogP contribution is -2.39. The van der Waals surface area contributed by atoms with Crippen molar-refractivity contribution in [1.29, 1.82) is 0 Å².